The maximum absolute atomic E-state index is 11.7. The number of likely N-dealkylation sites (tertiary alicyclic amines) is 1. The minimum Gasteiger partial charge on any atom is -0.437 e. The van der Waals surface area contributed by atoms with Crippen molar-refractivity contribution in [2.24, 2.45) is 5.73 Å². The van der Waals surface area contributed by atoms with Gasteiger partial charge in [-0.15, -0.1) is 11.3 Å². The van der Waals surface area contributed by atoms with Crippen LogP contribution in [0.1, 0.15) is 39.5 Å². The molecule has 4 rings (SSSR count). The number of ether oxygens (including phenoxy) is 1. The molecule has 1 amide bonds. The van der Waals surface area contributed by atoms with E-state index in [4.69, 9.17) is 20.4 Å². The number of aryl methyl sites for hydroxylation is 2. The summed E-state index contributed by atoms with van der Waals surface area (Å²) in [6.07, 6.45) is 2.43. The van der Waals surface area contributed by atoms with Crippen molar-refractivity contribution in [2.45, 2.75) is 33.2 Å². The molecular weight excluding hydrogens is 360 g/mol. The van der Waals surface area contributed by atoms with Crippen molar-refractivity contribution >= 4 is 27.5 Å². The zero-order chi connectivity index (χ0) is 19.0. The molecule has 3 heterocycles. The van der Waals surface area contributed by atoms with Gasteiger partial charge < -0.3 is 10.5 Å². The summed E-state index contributed by atoms with van der Waals surface area (Å²) in [6.45, 7) is 6.97. The molecule has 3 aromatic rings. The van der Waals surface area contributed by atoms with Gasteiger partial charge in [-0.25, -0.2) is 4.98 Å². The molecule has 0 aliphatic carbocycles. The Morgan fingerprint density at radius 3 is 2.70 bits per heavy atom. The van der Waals surface area contributed by atoms with Crippen molar-refractivity contribution in [1.82, 2.24) is 14.9 Å². The molecule has 0 unspecified atom stereocenters. The van der Waals surface area contributed by atoms with Gasteiger partial charge in [0.05, 0.1) is 17.5 Å². The molecule has 6 nitrogen and oxygen atoms in total. The van der Waals surface area contributed by atoms with Gasteiger partial charge in [0.15, 0.2) is 0 Å². The Kier molecular flexibility index (Phi) is 4.80. The number of hydrogen-bond donors (Lipinski definition) is 1. The number of nitrogens with two attached hydrogens (primary N) is 1. The Morgan fingerprint density at radius 1 is 1.22 bits per heavy atom. The van der Waals surface area contributed by atoms with Crippen LogP contribution in [0.4, 0.5) is 0 Å². The lowest BCUT2D eigenvalue weighted by Gasteiger charge is -2.15. The number of fused-ring (bicyclic) bond motifs is 1. The smallest absolute Gasteiger partial charge is 0.252 e. The molecule has 1 fully saturated rings. The average Bonchev–Trinajstić information content (AvgIpc) is 3.24. The molecule has 1 aromatic carbocycles. The minimum atomic E-state index is -0.522. The molecule has 0 radical (unpaired) electrons. The number of primary amides is 1. The highest BCUT2D eigenvalue weighted by Crippen LogP contribution is 2.37. The Bertz CT molecular complexity index is 1010. The van der Waals surface area contributed by atoms with E-state index in [1.54, 1.807) is 29.5 Å². The van der Waals surface area contributed by atoms with Crippen LogP contribution >= 0.6 is 11.3 Å². The Labute approximate surface area is 162 Å². The molecule has 0 spiro atoms. The summed E-state index contributed by atoms with van der Waals surface area (Å²) < 4.78 is 6.12. The van der Waals surface area contributed by atoms with Crippen molar-refractivity contribution in [2.75, 3.05) is 13.1 Å². The molecule has 1 saturated heterocycles. The van der Waals surface area contributed by atoms with E-state index in [2.05, 4.69) is 11.8 Å². The number of para-hydroxylation sites is 1. The number of carbonyl (C=O) groups excluding carboxylic acids is 1. The molecule has 1 aliphatic heterocycles. The molecule has 140 valence electrons. The van der Waals surface area contributed by atoms with E-state index in [-0.39, 0.29) is 0 Å². The molecule has 0 bridgehead atoms. The first kappa shape index (κ1) is 17.9. The van der Waals surface area contributed by atoms with Gasteiger partial charge in [-0.1, -0.05) is 12.1 Å². The van der Waals surface area contributed by atoms with Crippen molar-refractivity contribution in [3.8, 4) is 11.6 Å². The van der Waals surface area contributed by atoms with Crippen LogP contribution < -0.4 is 10.5 Å². The van der Waals surface area contributed by atoms with Gasteiger partial charge >= 0.3 is 0 Å². The highest BCUT2D eigenvalue weighted by molar-refractivity contribution is 7.18. The van der Waals surface area contributed by atoms with Crippen LogP contribution in [-0.2, 0) is 6.54 Å². The normalized spacial score (nSPS) is 14.7. The van der Waals surface area contributed by atoms with Gasteiger partial charge in [0, 0.05) is 4.88 Å². The molecular formula is C20H22N4O2S. The van der Waals surface area contributed by atoms with Gasteiger partial charge in [-0.3, -0.25) is 9.69 Å². The summed E-state index contributed by atoms with van der Waals surface area (Å²) in [6, 6.07) is 6.98. The molecule has 27 heavy (non-hydrogen) atoms. The first-order valence-corrected chi connectivity index (χ1v) is 9.90. The summed E-state index contributed by atoms with van der Waals surface area (Å²) in [7, 11) is 0. The molecule has 0 atom stereocenters. The predicted octanol–water partition coefficient (Wildman–Crippen LogP) is 3.80. The summed E-state index contributed by atoms with van der Waals surface area (Å²) in [5.41, 5.74) is 6.95. The molecule has 2 N–H and O–H groups in total. The number of rotatable bonds is 5. The van der Waals surface area contributed by atoms with E-state index in [1.165, 1.54) is 17.7 Å². The fourth-order valence-corrected chi connectivity index (χ4v) is 4.44. The third-order valence-electron chi connectivity index (χ3n) is 4.96. The lowest BCUT2D eigenvalue weighted by Crippen LogP contribution is -2.20. The average molecular weight is 382 g/mol. The number of nitrogens with zero attached hydrogens (tertiary/aromatic N) is 3. The maximum Gasteiger partial charge on any atom is 0.252 e. The monoisotopic (exact) mass is 382 g/mol. The third kappa shape index (κ3) is 3.52. The predicted molar refractivity (Wildman–Crippen MR) is 106 cm³/mol. The summed E-state index contributed by atoms with van der Waals surface area (Å²) in [4.78, 5) is 25.7. The number of benzene rings is 1. The van der Waals surface area contributed by atoms with E-state index in [9.17, 15) is 4.79 Å². The number of amides is 1. The van der Waals surface area contributed by atoms with E-state index < -0.39 is 5.91 Å². The van der Waals surface area contributed by atoms with Gasteiger partial charge in [-0.2, -0.15) is 4.98 Å². The van der Waals surface area contributed by atoms with E-state index in [1.807, 2.05) is 13.0 Å². The summed E-state index contributed by atoms with van der Waals surface area (Å²) in [5, 5.41) is 0.905. The molecule has 1 aliphatic rings. The number of aromatic nitrogens is 2. The van der Waals surface area contributed by atoms with E-state index >= 15 is 0 Å². The Hall–Kier alpha value is -2.51. The van der Waals surface area contributed by atoms with Crippen LogP contribution in [0.5, 0.6) is 11.6 Å². The second-order valence-corrected chi connectivity index (χ2v) is 8.06. The fraction of sp³-hybridized carbons (Fsp3) is 0.350. The van der Waals surface area contributed by atoms with Crippen LogP contribution in [-0.4, -0.2) is 33.9 Å². The lowest BCUT2D eigenvalue weighted by molar-refractivity contribution is 0.0998. The standard InChI is InChI=1S/C20H22N4O2S/c1-12-13(2)27-20-17(12)19(22-16(23-20)11-24-9-5-6-10-24)26-15-8-4-3-7-14(15)18(21)25/h3-4,7-8H,5-6,9-11H2,1-2H3,(H2,21,25). The third-order valence-corrected chi connectivity index (χ3v) is 6.07. The highest BCUT2D eigenvalue weighted by Gasteiger charge is 2.20. The number of hydrogen-bond acceptors (Lipinski definition) is 6. The first-order valence-electron chi connectivity index (χ1n) is 9.08. The molecule has 0 saturated carbocycles. The second kappa shape index (κ2) is 7.25. The summed E-state index contributed by atoms with van der Waals surface area (Å²) >= 11 is 1.64. The first-order chi connectivity index (χ1) is 13.0. The highest BCUT2D eigenvalue weighted by atomic mass is 32.1. The van der Waals surface area contributed by atoms with Crippen LogP contribution in [0.25, 0.3) is 10.2 Å². The van der Waals surface area contributed by atoms with E-state index in [0.29, 0.717) is 23.7 Å². The zero-order valence-electron chi connectivity index (χ0n) is 15.5. The van der Waals surface area contributed by atoms with Crippen LogP contribution in [0.3, 0.4) is 0 Å². The van der Waals surface area contributed by atoms with Crippen molar-refractivity contribution in [3.05, 3.63) is 46.1 Å². The van der Waals surface area contributed by atoms with Gasteiger partial charge in [-0.05, 0) is 57.5 Å². The largest absolute Gasteiger partial charge is 0.437 e. The van der Waals surface area contributed by atoms with Crippen molar-refractivity contribution in [3.63, 3.8) is 0 Å². The van der Waals surface area contributed by atoms with Crippen LogP contribution in [0.15, 0.2) is 24.3 Å². The SMILES string of the molecule is Cc1sc2nc(CN3CCCC3)nc(Oc3ccccc3C(N)=O)c2c1C. The molecule has 2 aromatic heterocycles. The minimum absolute atomic E-state index is 0.343. The molecule has 7 heteroatoms. The van der Waals surface area contributed by atoms with Crippen molar-refractivity contribution < 1.29 is 9.53 Å². The second-order valence-electron chi connectivity index (χ2n) is 6.85. The number of thiophene rings is 1. The number of carbonyl (C=O) groups is 1. The van der Waals surface area contributed by atoms with Gasteiger partial charge in [0.25, 0.3) is 5.91 Å². The zero-order valence-corrected chi connectivity index (χ0v) is 16.3. The van der Waals surface area contributed by atoms with E-state index in [0.717, 1.165) is 34.7 Å². The summed E-state index contributed by atoms with van der Waals surface area (Å²) in [5.74, 6) is 1.13. The Balaban J connectivity index is 1.79. The maximum atomic E-state index is 11.7. The van der Waals surface area contributed by atoms with Crippen LogP contribution in [0.2, 0.25) is 0 Å². The lowest BCUT2D eigenvalue weighted by atomic mass is 10.2. The van der Waals surface area contributed by atoms with Gasteiger partial charge in [0.2, 0.25) is 5.88 Å². The van der Waals surface area contributed by atoms with Gasteiger partial charge in [0.1, 0.15) is 16.4 Å². The quantitative estimate of drug-likeness (QED) is 0.726. The fourth-order valence-electron chi connectivity index (χ4n) is 3.40. The van der Waals surface area contributed by atoms with Crippen LogP contribution in [0, 0.1) is 13.8 Å². The topological polar surface area (TPSA) is 81.3 Å². The Morgan fingerprint density at radius 2 is 1.96 bits per heavy atom. The van der Waals surface area contributed by atoms with Crippen molar-refractivity contribution in [1.29, 1.82) is 0 Å².